The van der Waals surface area contributed by atoms with Gasteiger partial charge in [0, 0.05) is 25.6 Å². The normalized spacial score (nSPS) is 11.5. The van der Waals surface area contributed by atoms with E-state index in [2.05, 4.69) is 10.6 Å². The summed E-state index contributed by atoms with van der Waals surface area (Å²) < 4.78 is 0. The number of carbonyl (C=O) groups is 2. The number of nitrogens with zero attached hydrogens (tertiary/aromatic N) is 1. The molecule has 1 atom stereocenters. The van der Waals surface area contributed by atoms with Crippen molar-refractivity contribution in [2.75, 3.05) is 6.61 Å². The molecule has 8 nitrogen and oxygen atoms in total. The number of hydrogen-bond acceptors (Lipinski definition) is 5. The number of nitro benzene ring substituents is 1. The molecule has 0 saturated heterocycles. The number of carbonyl (C=O) groups excluding carboxylic acids is 2. The van der Waals surface area contributed by atoms with Gasteiger partial charge >= 0.3 is 0 Å². The molecule has 0 heterocycles. The van der Waals surface area contributed by atoms with E-state index in [-0.39, 0.29) is 12.2 Å². The lowest BCUT2D eigenvalue weighted by molar-refractivity contribution is -0.384. The van der Waals surface area contributed by atoms with Crippen molar-refractivity contribution in [3.63, 3.8) is 0 Å². The van der Waals surface area contributed by atoms with Crippen LogP contribution in [-0.2, 0) is 16.1 Å². The topological polar surface area (TPSA) is 122 Å². The van der Waals surface area contributed by atoms with Crippen LogP contribution in [0.1, 0.15) is 12.5 Å². The van der Waals surface area contributed by atoms with Gasteiger partial charge in [0.1, 0.15) is 6.04 Å². The second-order valence-electron chi connectivity index (χ2n) is 4.08. The number of benzene rings is 1. The fraction of sp³-hybridized carbons (Fsp3) is 0.333. The Labute approximate surface area is 114 Å². The molecular formula is C12H15N3O5. The highest BCUT2D eigenvalue weighted by Crippen LogP contribution is 2.12. The molecule has 2 amide bonds. The van der Waals surface area contributed by atoms with Gasteiger partial charge in [0.05, 0.1) is 11.5 Å². The van der Waals surface area contributed by atoms with Crippen LogP contribution in [0, 0.1) is 10.1 Å². The Balaban J connectivity index is 2.62. The lowest BCUT2D eigenvalue weighted by Gasteiger charge is -2.14. The summed E-state index contributed by atoms with van der Waals surface area (Å²) in [6, 6.07) is 4.79. The van der Waals surface area contributed by atoms with Gasteiger partial charge in [-0.15, -0.1) is 0 Å². The molecule has 3 N–H and O–H groups in total. The number of nitro groups is 1. The summed E-state index contributed by atoms with van der Waals surface area (Å²) in [5.74, 6) is -0.997. The van der Waals surface area contributed by atoms with Crippen LogP contribution in [-0.4, -0.2) is 34.5 Å². The van der Waals surface area contributed by atoms with E-state index < -0.39 is 29.4 Å². The lowest BCUT2D eigenvalue weighted by atomic mass is 10.2. The van der Waals surface area contributed by atoms with Gasteiger partial charge < -0.3 is 15.7 Å². The van der Waals surface area contributed by atoms with Crippen molar-refractivity contribution in [1.29, 1.82) is 0 Å². The van der Waals surface area contributed by atoms with Crippen LogP contribution in [0.5, 0.6) is 0 Å². The van der Waals surface area contributed by atoms with E-state index in [0.29, 0.717) is 5.56 Å². The minimum Gasteiger partial charge on any atom is -0.394 e. The Bertz CT molecular complexity index is 518. The maximum atomic E-state index is 11.7. The summed E-state index contributed by atoms with van der Waals surface area (Å²) in [4.78, 5) is 32.6. The second-order valence-corrected chi connectivity index (χ2v) is 4.08. The van der Waals surface area contributed by atoms with Crippen molar-refractivity contribution in [3.8, 4) is 0 Å². The van der Waals surface area contributed by atoms with E-state index >= 15 is 0 Å². The van der Waals surface area contributed by atoms with E-state index in [4.69, 9.17) is 5.11 Å². The Morgan fingerprint density at radius 3 is 2.70 bits per heavy atom. The first-order valence-electron chi connectivity index (χ1n) is 5.83. The number of aliphatic hydroxyl groups is 1. The number of nitrogens with one attached hydrogen (secondary N) is 2. The molecule has 0 aliphatic heterocycles. The average Bonchev–Trinajstić information content (AvgIpc) is 2.42. The number of amides is 2. The van der Waals surface area contributed by atoms with Crippen LogP contribution in [0.3, 0.4) is 0 Å². The van der Waals surface area contributed by atoms with E-state index in [0.717, 1.165) is 0 Å². The van der Waals surface area contributed by atoms with E-state index in [1.165, 1.54) is 25.1 Å². The minimum atomic E-state index is -1.04. The zero-order chi connectivity index (χ0) is 15.1. The molecule has 0 fully saturated rings. The molecule has 0 spiro atoms. The van der Waals surface area contributed by atoms with Gasteiger partial charge in [-0.2, -0.15) is 0 Å². The van der Waals surface area contributed by atoms with Crippen molar-refractivity contribution >= 4 is 17.5 Å². The van der Waals surface area contributed by atoms with Gasteiger partial charge in [0.15, 0.2) is 0 Å². The number of rotatable bonds is 6. The maximum absolute atomic E-state index is 11.7. The molecule has 108 valence electrons. The summed E-state index contributed by atoms with van der Waals surface area (Å²) in [5.41, 5.74) is 0.476. The number of hydrogen-bond donors (Lipinski definition) is 3. The van der Waals surface area contributed by atoms with Gasteiger partial charge in [-0.05, 0) is 5.56 Å². The van der Waals surface area contributed by atoms with Crippen LogP contribution in [0.2, 0.25) is 0 Å². The molecule has 0 aromatic heterocycles. The Hall–Kier alpha value is -2.48. The zero-order valence-electron chi connectivity index (χ0n) is 10.8. The fourth-order valence-corrected chi connectivity index (χ4v) is 1.53. The van der Waals surface area contributed by atoms with E-state index in [1.54, 1.807) is 6.07 Å². The van der Waals surface area contributed by atoms with Crippen molar-refractivity contribution in [2.45, 2.75) is 19.5 Å². The van der Waals surface area contributed by atoms with Crippen LogP contribution in [0.25, 0.3) is 0 Å². The summed E-state index contributed by atoms with van der Waals surface area (Å²) in [5, 5.41) is 24.4. The first-order chi connectivity index (χ1) is 9.43. The monoisotopic (exact) mass is 281 g/mol. The predicted molar refractivity (Wildman–Crippen MR) is 69.6 cm³/mol. The SMILES string of the molecule is CC(=O)N[C@@H](CO)C(=O)NCc1cccc([N+](=O)[O-])c1. The minimum absolute atomic E-state index is 0.0661. The highest BCUT2D eigenvalue weighted by molar-refractivity contribution is 5.86. The third kappa shape index (κ3) is 4.65. The molecule has 1 rings (SSSR count). The number of non-ortho nitro benzene ring substituents is 1. The summed E-state index contributed by atoms with van der Waals surface area (Å²) >= 11 is 0. The summed E-state index contributed by atoms with van der Waals surface area (Å²) in [7, 11) is 0. The summed E-state index contributed by atoms with van der Waals surface area (Å²) in [6.07, 6.45) is 0. The Morgan fingerprint density at radius 2 is 2.15 bits per heavy atom. The van der Waals surface area contributed by atoms with Crippen molar-refractivity contribution in [3.05, 3.63) is 39.9 Å². The first-order valence-corrected chi connectivity index (χ1v) is 5.83. The number of aliphatic hydroxyl groups excluding tert-OH is 1. The van der Waals surface area contributed by atoms with Gasteiger partial charge in [0.25, 0.3) is 5.69 Å². The molecule has 8 heteroatoms. The Morgan fingerprint density at radius 1 is 1.45 bits per heavy atom. The van der Waals surface area contributed by atoms with Crippen molar-refractivity contribution in [1.82, 2.24) is 10.6 Å². The van der Waals surface area contributed by atoms with E-state index in [9.17, 15) is 19.7 Å². The van der Waals surface area contributed by atoms with Crippen molar-refractivity contribution in [2.24, 2.45) is 0 Å². The third-order valence-electron chi connectivity index (χ3n) is 2.46. The molecule has 0 unspecified atom stereocenters. The molecule has 20 heavy (non-hydrogen) atoms. The highest BCUT2D eigenvalue weighted by Gasteiger charge is 2.18. The fourth-order valence-electron chi connectivity index (χ4n) is 1.53. The van der Waals surface area contributed by atoms with Gasteiger partial charge in [-0.25, -0.2) is 0 Å². The molecule has 1 aromatic carbocycles. The predicted octanol–water partition coefficient (Wildman–Crippen LogP) is -0.292. The molecule has 0 bridgehead atoms. The third-order valence-corrected chi connectivity index (χ3v) is 2.46. The lowest BCUT2D eigenvalue weighted by Crippen LogP contribution is -2.48. The van der Waals surface area contributed by atoms with Crippen LogP contribution < -0.4 is 10.6 Å². The van der Waals surface area contributed by atoms with Crippen LogP contribution in [0.15, 0.2) is 24.3 Å². The largest absolute Gasteiger partial charge is 0.394 e. The Kier molecular flexibility index (Phi) is 5.60. The quantitative estimate of drug-likeness (QED) is 0.488. The molecule has 1 aromatic rings. The summed E-state index contributed by atoms with van der Waals surface area (Å²) in [6.45, 7) is 0.771. The maximum Gasteiger partial charge on any atom is 0.269 e. The van der Waals surface area contributed by atoms with Gasteiger partial charge in [-0.1, -0.05) is 12.1 Å². The van der Waals surface area contributed by atoms with E-state index in [1.807, 2.05) is 0 Å². The van der Waals surface area contributed by atoms with Gasteiger partial charge in [0.2, 0.25) is 11.8 Å². The second kappa shape index (κ2) is 7.19. The highest BCUT2D eigenvalue weighted by atomic mass is 16.6. The molecular weight excluding hydrogens is 266 g/mol. The smallest absolute Gasteiger partial charge is 0.269 e. The van der Waals surface area contributed by atoms with Gasteiger partial charge in [-0.3, -0.25) is 19.7 Å². The molecule has 0 radical (unpaired) electrons. The van der Waals surface area contributed by atoms with Crippen molar-refractivity contribution < 1.29 is 19.6 Å². The zero-order valence-corrected chi connectivity index (χ0v) is 10.8. The molecule has 0 aliphatic carbocycles. The van der Waals surface area contributed by atoms with Crippen LogP contribution >= 0.6 is 0 Å². The van der Waals surface area contributed by atoms with Crippen LogP contribution in [0.4, 0.5) is 5.69 Å². The molecule has 0 aliphatic rings. The average molecular weight is 281 g/mol. The first kappa shape index (κ1) is 15.6. The molecule has 0 saturated carbocycles. The standard InChI is InChI=1S/C12H15N3O5/c1-8(17)14-11(7-16)12(18)13-6-9-3-2-4-10(5-9)15(19)20/h2-5,11,16H,6-7H2,1H3,(H,13,18)(H,14,17)/t11-/m0/s1.